The molecule has 0 amide bonds. The van der Waals surface area contributed by atoms with Gasteiger partial charge in [0.25, 0.3) is 0 Å². The predicted molar refractivity (Wildman–Crippen MR) is 188 cm³/mol. The highest BCUT2D eigenvalue weighted by Gasteiger charge is 2.28. The van der Waals surface area contributed by atoms with Crippen molar-refractivity contribution in [3.63, 3.8) is 0 Å². The quantitative estimate of drug-likeness (QED) is 0.189. The molecule has 2 aromatic heterocycles. The van der Waals surface area contributed by atoms with Crippen molar-refractivity contribution in [2.24, 2.45) is 11.8 Å². The van der Waals surface area contributed by atoms with Gasteiger partial charge in [-0.25, -0.2) is 9.97 Å². The van der Waals surface area contributed by atoms with Crippen LogP contribution in [-0.2, 0) is 0 Å². The summed E-state index contributed by atoms with van der Waals surface area (Å²) in [4.78, 5) is 10.5. The van der Waals surface area contributed by atoms with Gasteiger partial charge in [-0.3, -0.25) is 0 Å². The minimum atomic E-state index is 0.338. The van der Waals surface area contributed by atoms with E-state index in [9.17, 15) is 0 Å². The second-order valence-electron chi connectivity index (χ2n) is 12.4. The molecule has 218 valence electrons. The molecule has 2 heterocycles. The normalized spacial score (nSPS) is 18.0. The molecule has 1 aliphatic carbocycles. The number of hydrogen-bond acceptors (Lipinski definition) is 2. The molecule has 3 nitrogen and oxygen atoms in total. The monoisotopic (exact) mass is 581 g/mol. The molecule has 3 unspecified atom stereocenters. The number of aromatic nitrogens is 3. The summed E-state index contributed by atoms with van der Waals surface area (Å²) in [7, 11) is 0. The minimum Gasteiger partial charge on any atom is -0.309 e. The van der Waals surface area contributed by atoms with Crippen LogP contribution in [0.1, 0.15) is 31.9 Å². The third-order valence-electron chi connectivity index (χ3n) is 9.44. The molecular formula is C42H35N3. The summed E-state index contributed by atoms with van der Waals surface area (Å²) in [5.74, 6) is 2.03. The molecule has 3 heteroatoms. The first kappa shape index (κ1) is 27.3. The maximum absolute atomic E-state index is 5.27. The Morgan fingerprint density at radius 3 is 1.93 bits per heavy atom. The fourth-order valence-electron chi connectivity index (χ4n) is 7.22. The van der Waals surface area contributed by atoms with Crippen LogP contribution in [0, 0.1) is 11.8 Å². The smallest absolute Gasteiger partial charge is 0.160 e. The molecule has 1 aliphatic rings. The van der Waals surface area contributed by atoms with Gasteiger partial charge < -0.3 is 4.57 Å². The number of benzene rings is 5. The summed E-state index contributed by atoms with van der Waals surface area (Å²) in [5.41, 5.74) is 10.1. The zero-order chi connectivity index (χ0) is 30.3. The van der Waals surface area contributed by atoms with E-state index in [1.54, 1.807) is 0 Å². The van der Waals surface area contributed by atoms with Crippen LogP contribution in [-0.4, -0.2) is 14.5 Å². The second-order valence-corrected chi connectivity index (χ2v) is 12.4. The first-order valence-corrected chi connectivity index (χ1v) is 15.9. The molecule has 3 atom stereocenters. The molecule has 0 saturated heterocycles. The standard InChI is InChI=1S/C42H35N3/c1-28-12-10-13-29(2)41(28)38-27-37(33-17-11-16-32(26-33)30-14-4-3-5-15-30)43-42(44-38)31-22-24-34(25-23-31)45-39-20-8-6-18-35(39)36-19-7-9-21-40(36)45/h3-12,14-29,41H,13H2,1-2H3. The van der Waals surface area contributed by atoms with E-state index in [4.69, 9.17) is 9.97 Å². The van der Waals surface area contributed by atoms with Crippen molar-refractivity contribution in [1.29, 1.82) is 0 Å². The van der Waals surface area contributed by atoms with Crippen LogP contribution < -0.4 is 0 Å². The van der Waals surface area contributed by atoms with Gasteiger partial charge in [0.1, 0.15) is 0 Å². The summed E-state index contributed by atoms with van der Waals surface area (Å²) in [6, 6.07) is 47.5. The van der Waals surface area contributed by atoms with E-state index in [0.29, 0.717) is 17.8 Å². The first-order chi connectivity index (χ1) is 22.1. The number of fused-ring (bicyclic) bond motifs is 3. The Hall–Kier alpha value is -5.28. The van der Waals surface area contributed by atoms with Gasteiger partial charge in [0.2, 0.25) is 0 Å². The van der Waals surface area contributed by atoms with E-state index in [-0.39, 0.29) is 0 Å². The molecule has 0 radical (unpaired) electrons. The topological polar surface area (TPSA) is 30.7 Å². The third-order valence-corrected chi connectivity index (χ3v) is 9.44. The Labute approximate surface area is 264 Å². The molecule has 0 N–H and O–H groups in total. The SMILES string of the molecule is CC1C=CCC(C)C1c1cc(-c2cccc(-c3ccccc3)c2)nc(-c2ccc(-n3c4ccccc4c4ccccc43)cc2)n1. The Bertz CT molecular complexity index is 2120. The van der Waals surface area contributed by atoms with Crippen molar-refractivity contribution >= 4 is 21.8 Å². The van der Waals surface area contributed by atoms with E-state index < -0.39 is 0 Å². The Morgan fingerprint density at radius 1 is 0.578 bits per heavy atom. The van der Waals surface area contributed by atoms with Crippen molar-refractivity contribution in [1.82, 2.24) is 14.5 Å². The Kier molecular flexibility index (Phi) is 6.87. The number of nitrogens with zero attached hydrogens (tertiary/aromatic N) is 3. The van der Waals surface area contributed by atoms with Crippen molar-refractivity contribution in [2.75, 3.05) is 0 Å². The van der Waals surface area contributed by atoms with Crippen LogP contribution in [0.4, 0.5) is 0 Å². The van der Waals surface area contributed by atoms with Gasteiger partial charge in [0.05, 0.1) is 16.7 Å². The van der Waals surface area contributed by atoms with E-state index in [0.717, 1.165) is 40.4 Å². The summed E-state index contributed by atoms with van der Waals surface area (Å²) in [6.07, 6.45) is 5.74. The lowest BCUT2D eigenvalue weighted by atomic mass is 9.75. The number of para-hydroxylation sites is 2. The molecule has 8 rings (SSSR count). The summed E-state index contributed by atoms with van der Waals surface area (Å²) in [5, 5.41) is 2.53. The van der Waals surface area contributed by atoms with Gasteiger partial charge in [-0.2, -0.15) is 0 Å². The van der Waals surface area contributed by atoms with Gasteiger partial charge in [0, 0.05) is 39.2 Å². The number of rotatable bonds is 5. The average Bonchev–Trinajstić information content (AvgIpc) is 3.43. The van der Waals surface area contributed by atoms with Gasteiger partial charge in [-0.05, 0) is 77.9 Å². The van der Waals surface area contributed by atoms with Gasteiger partial charge in [0.15, 0.2) is 5.82 Å². The van der Waals surface area contributed by atoms with E-state index in [1.807, 2.05) is 0 Å². The van der Waals surface area contributed by atoms with Gasteiger partial charge >= 0.3 is 0 Å². The summed E-state index contributed by atoms with van der Waals surface area (Å²) in [6.45, 7) is 4.66. The summed E-state index contributed by atoms with van der Waals surface area (Å²) < 4.78 is 2.35. The maximum atomic E-state index is 5.27. The number of hydrogen-bond donors (Lipinski definition) is 0. The molecule has 7 aromatic rings. The lowest BCUT2D eigenvalue weighted by molar-refractivity contribution is 0.366. The van der Waals surface area contributed by atoms with E-state index >= 15 is 0 Å². The number of allylic oxidation sites excluding steroid dienone is 2. The Morgan fingerprint density at radius 2 is 1.22 bits per heavy atom. The molecule has 5 aromatic carbocycles. The highest BCUT2D eigenvalue weighted by Crippen LogP contribution is 2.40. The molecule has 0 saturated carbocycles. The fraction of sp³-hybridized carbons (Fsp3) is 0.143. The van der Waals surface area contributed by atoms with Crippen LogP contribution in [0.15, 0.2) is 146 Å². The molecular weight excluding hydrogens is 546 g/mol. The van der Waals surface area contributed by atoms with Crippen molar-refractivity contribution in [2.45, 2.75) is 26.2 Å². The van der Waals surface area contributed by atoms with Gasteiger partial charge in [-0.15, -0.1) is 0 Å². The lowest BCUT2D eigenvalue weighted by Gasteiger charge is -2.30. The average molecular weight is 582 g/mol. The van der Waals surface area contributed by atoms with E-state index in [2.05, 4.69) is 164 Å². The minimum absolute atomic E-state index is 0.338. The zero-order valence-electron chi connectivity index (χ0n) is 25.6. The molecule has 45 heavy (non-hydrogen) atoms. The molecule has 0 aliphatic heterocycles. The van der Waals surface area contributed by atoms with Crippen LogP contribution in [0.25, 0.3) is 61.3 Å². The fourth-order valence-corrected chi connectivity index (χ4v) is 7.22. The van der Waals surface area contributed by atoms with Crippen LogP contribution in [0.3, 0.4) is 0 Å². The van der Waals surface area contributed by atoms with Crippen LogP contribution in [0.2, 0.25) is 0 Å². The molecule has 0 spiro atoms. The Balaban J connectivity index is 1.25. The molecule has 0 bridgehead atoms. The van der Waals surface area contributed by atoms with Crippen molar-refractivity contribution in [3.8, 4) is 39.5 Å². The maximum Gasteiger partial charge on any atom is 0.160 e. The van der Waals surface area contributed by atoms with Gasteiger partial charge in [-0.1, -0.05) is 111 Å². The summed E-state index contributed by atoms with van der Waals surface area (Å²) >= 11 is 0. The zero-order valence-corrected chi connectivity index (χ0v) is 25.6. The second kappa shape index (κ2) is 11.3. The lowest BCUT2D eigenvalue weighted by Crippen LogP contribution is -2.21. The molecule has 0 fully saturated rings. The highest BCUT2D eigenvalue weighted by molar-refractivity contribution is 6.09. The first-order valence-electron chi connectivity index (χ1n) is 15.9. The third kappa shape index (κ3) is 4.95. The van der Waals surface area contributed by atoms with Crippen molar-refractivity contribution in [3.05, 3.63) is 151 Å². The predicted octanol–water partition coefficient (Wildman–Crippen LogP) is 10.9. The highest BCUT2D eigenvalue weighted by atomic mass is 15.0. The largest absolute Gasteiger partial charge is 0.309 e. The van der Waals surface area contributed by atoms with Crippen molar-refractivity contribution < 1.29 is 0 Å². The van der Waals surface area contributed by atoms with Crippen LogP contribution in [0.5, 0.6) is 0 Å². The van der Waals surface area contributed by atoms with Crippen LogP contribution >= 0.6 is 0 Å². The van der Waals surface area contributed by atoms with E-state index in [1.165, 1.54) is 32.9 Å².